The molecule has 2 aromatic carbocycles. The molecule has 0 aliphatic heterocycles. The van der Waals surface area contributed by atoms with Gasteiger partial charge in [0.25, 0.3) is 0 Å². The van der Waals surface area contributed by atoms with E-state index in [1.54, 1.807) is 24.4 Å². The standard InChI is InChI=1S/C22H17Cl2N3O4S/c1-31-21-17(23)7-9-19(20(21)24)32(29,30)16-5-2-13(3-6-16)4-8-18(28)14-10-15-12-26-27-22(15)25-11-14/h2-3,5-7,9-12H,4,8H2,1H3,(H,25,26,27). The number of carbonyl (C=O) groups is 1. The molecule has 7 nitrogen and oxygen atoms in total. The van der Waals surface area contributed by atoms with Gasteiger partial charge in [-0.1, -0.05) is 35.3 Å². The third-order valence-corrected chi connectivity index (χ3v) is 7.59. The molecule has 4 aromatic rings. The van der Waals surface area contributed by atoms with Gasteiger partial charge in [0.2, 0.25) is 9.84 Å². The van der Waals surface area contributed by atoms with Crippen molar-refractivity contribution in [1.29, 1.82) is 0 Å². The Bertz CT molecular complexity index is 1420. The van der Waals surface area contributed by atoms with Crippen LogP contribution in [0.4, 0.5) is 0 Å². The van der Waals surface area contributed by atoms with Crippen LogP contribution in [0, 0.1) is 0 Å². The second kappa shape index (κ2) is 8.90. The van der Waals surface area contributed by atoms with Crippen molar-refractivity contribution in [3.05, 3.63) is 76.0 Å². The van der Waals surface area contributed by atoms with Gasteiger partial charge in [-0.15, -0.1) is 0 Å². The topological polar surface area (TPSA) is 102 Å². The predicted octanol–water partition coefficient (Wildman–Crippen LogP) is 4.92. The lowest BCUT2D eigenvalue weighted by atomic mass is 10.0. The quantitative estimate of drug-likeness (QED) is 0.369. The molecule has 0 bridgehead atoms. The highest BCUT2D eigenvalue weighted by atomic mass is 35.5. The molecule has 0 aliphatic carbocycles. The van der Waals surface area contributed by atoms with Crippen LogP contribution in [0.2, 0.25) is 10.0 Å². The molecular formula is C22H17Cl2N3O4S. The first-order valence-corrected chi connectivity index (χ1v) is 11.7. The number of rotatable bonds is 7. The van der Waals surface area contributed by atoms with Crippen molar-refractivity contribution in [3.8, 4) is 5.75 Å². The summed E-state index contributed by atoms with van der Waals surface area (Å²) in [5, 5.41) is 7.55. The summed E-state index contributed by atoms with van der Waals surface area (Å²) in [5.41, 5.74) is 1.95. The normalized spacial score (nSPS) is 11.6. The van der Waals surface area contributed by atoms with Gasteiger partial charge in [0, 0.05) is 23.6 Å². The number of aromatic nitrogens is 3. The Morgan fingerprint density at radius 1 is 1.09 bits per heavy atom. The van der Waals surface area contributed by atoms with Gasteiger partial charge in [-0.2, -0.15) is 5.10 Å². The number of nitrogens with one attached hydrogen (secondary N) is 1. The summed E-state index contributed by atoms with van der Waals surface area (Å²) in [5.74, 6) is 0.0463. The van der Waals surface area contributed by atoms with Crippen LogP contribution >= 0.6 is 23.2 Å². The minimum atomic E-state index is -3.88. The molecule has 0 amide bonds. The number of fused-ring (bicyclic) bond motifs is 1. The van der Waals surface area contributed by atoms with E-state index in [-0.39, 0.29) is 37.8 Å². The number of sulfone groups is 1. The lowest BCUT2D eigenvalue weighted by Crippen LogP contribution is -2.05. The van der Waals surface area contributed by atoms with Gasteiger partial charge in [-0.05, 0) is 42.3 Å². The van der Waals surface area contributed by atoms with Crippen LogP contribution in [0.25, 0.3) is 11.0 Å². The van der Waals surface area contributed by atoms with Crippen LogP contribution in [-0.2, 0) is 16.3 Å². The maximum atomic E-state index is 13.0. The molecule has 0 radical (unpaired) electrons. The second-order valence-electron chi connectivity index (χ2n) is 7.00. The highest BCUT2D eigenvalue weighted by Gasteiger charge is 2.24. The van der Waals surface area contributed by atoms with E-state index < -0.39 is 9.84 Å². The zero-order valence-corrected chi connectivity index (χ0v) is 19.1. The fourth-order valence-corrected chi connectivity index (χ4v) is 5.42. The maximum absolute atomic E-state index is 13.0. The number of aryl methyl sites for hydroxylation is 1. The van der Waals surface area contributed by atoms with E-state index >= 15 is 0 Å². The molecule has 164 valence electrons. The average Bonchev–Trinajstić information content (AvgIpc) is 3.26. The number of hydrogen-bond acceptors (Lipinski definition) is 6. The minimum Gasteiger partial charge on any atom is -0.494 e. The lowest BCUT2D eigenvalue weighted by molar-refractivity contribution is 0.0982. The minimum absolute atomic E-state index is 0.0580. The molecule has 0 saturated carbocycles. The number of H-pyrrole nitrogens is 1. The van der Waals surface area contributed by atoms with E-state index in [1.165, 1.54) is 37.6 Å². The molecule has 32 heavy (non-hydrogen) atoms. The number of methoxy groups -OCH3 is 1. The predicted molar refractivity (Wildman–Crippen MR) is 121 cm³/mol. The first-order chi connectivity index (χ1) is 15.3. The molecule has 2 heterocycles. The molecule has 0 saturated heterocycles. The Morgan fingerprint density at radius 3 is 2.56 bits per heavy atom. The van der Waals surface area contributed by atoms with E-state index in [0.29, 0.717) is 17.6 Å². The monoisotopic (exact) mass is 489 g/mol. The molecule has 0 atom stereocenters. The first-order valence-electron chi connectivity index (χ1n) is 9.49. The summed E-state index contributed by atoms with van der Waals surface area (Å²) in [7, 11) is -2.52. The molecule has 1 N–H and O–H groups in total. The van der Waals surface area contributed by atoms with Crippen LogP contribution in [-0.4, -0.2) is 36.5 Å². The zero-order chi connectivity index (χ0) is 22.9. The molecule has 0 aliphatic rings. The van der Waals surface area contributed by atoms with Crippen molar-refractivity contribution in [3.63, 3.8) is 0 Å². The van der Waals surface area contributed by atoms with E-state index in [2.05, 4.69) is 15.2 Å². The molecule has 0 fully saturated rings. The number of nitrogens with zero attached hydrogens (tertiary/aromatic N) is 2. The van der Waals surface area contributed by atoms with Gasteiger partial charge in [-0.25, -0.2) is 13.4 Å². The van der Waals surface area contributed by atoms with E-state index in [9.17, 15) is 13.2 Å². The van der Waals surface area contributed by atoms with Crippen LogP contribution in [0.15, 0.2) is 64.6 Å². The van der Waals surface area contributed by atoms with Gasteiger partial charge >= 0.3 is 0 Å². The van der Waals surface area contributed by atoms with Crippen molar-refractivity contribution < 1.29 is 17.9 Å². The number of ketones is 1. The van der Waals surface area contributed by atoms with Crippen LogP contribution < -0.4 is 4.74 Å². The van der Waals surface area contributed by atoms with Crippen molar-refractivity contribution >= 4 is 49.9 Å². The average molecular weight is 490 g/mol. The largest absolute Gasteiger partial charge is 0.494 e. The third-order valence-electron chi connectivity index (χ3n) is 4.99. The van der Waals surface area contributed by atoms with Gasteiger partial charge < -0.3 is 4.74 Å². The maximum Gasteiger partial charge on any atom is 0.208 e. The number of halogens is 2. The summed E-state index contributed by atoms with van der Waals surface area (Å²) in [6.07, 6.45) is 3.85. The number of Topliss-reactive ketones (excluding diaryl/α,β-unsaturated/α-hetero) is 1. The third kappa shape index (κ3) is 4.21. The van der Waals surface area contributed by atoms with Crippen LogP contribution in [0.3, 0.4) is 0 Å². The van der Waals surface area contributed by atoms with Gasteiger partial charge in [0.15, 0.2) is 17.2 Å². The SMILES string of the molecule is COc1c(Cl)ccc(S(=O)(=O)c2ccc(CCC(=O)c3cnc4[nH]ncc4c3)cc2)c1Cl. The van der Waals surface area contributed by atoms with Gasteiger partial charge in [0.1, 0.15) is 5.02 Å². The Labute approximate surface area is 194 Å². The number of carbonyl (C=O) groups excluding carboxylic acids is 1. The van der Waals surface area contributed by atoms with Crippen molar-refractivity contribution in [2.45, 2.75) is 22.6 Å². The van der Waals surface area contributed by atoms with E-state index in [4.69, 9.17) is 27.9 Å². The summed E-state index contributed by atoms with van der Waals surface area (Å²) in [6, 6.07) is 10.9. The van der Waals surface area contributed by atoms with Crippen molar-refractivity contribution in [2.24, 2.45) is 0 Å². The number of ether oxygens (including phenoxy) is 1. The molecule has 0 unspecified atom stereocenters. The highest BCUT2D eigenvalue weighted by molar-refractivity contribution is 7.91. The smallest absolute Gasteiger partial charge is 0.208 e. The van der Waals surface area contributed by atoms with Crippen molar-refractivity contribution in [1.82, 2.24) is 15.2 Å². The summed E-state index contributed by atoms with van der Waals surface area (Å²) in [6.45, 7) is 0. The Morgan fingerprint density at radius 2 is 1.84 bits per heavy atom. The Hall–Kier alpha value is -2.94. The fraction of sp³-hybridized carbons (Fsp3) is 0.136. The number of aromatic amines is 1. The second-order valence-corrected chi connectivity index (χ2v) is 9.70. The van der Waals surface area contributed by atoms with Gasteiger partial charge in [0.05, 0.1) is 28.1 Å². The Balaban J connectivity index is 1.49. The van der Waals surface area contributed by atoms with Crippen LogP contribution in [0.5, 0.6) is 5.75 Å². The zero-order valence-electron chi connectivity index (χ0n) is 16.8. The summed E-state index contributed by atoms with van der Waals surface area (Å²) < 4.78 is 31.2. The van der Waals surface area contributed by atoms with E-state index in [1.807, 2.05) is 0 Å². The van der Waals surface area contributed by atoms with E-state index in [0.717, 1.165) is 10.9 Å². The number of pyridine rings is 1. The number of benzene rings is 2. The summed E-state index contributed by atoms with van der Waals surface area (Å²) in [4.78, 5) is 16.7. The number of hydrogen-bond donors (Lipinski definition) is 1. The van der Waals surface area contributed by atoms with Crippen LogP contribution in [0.1, 0.15) is 22.3 Å². The molecule has 2 aromatic heterocycles. The Kier molecular flexibility index (Phi) is 6.19. The molecular weight excluding hydrogens is 473 g/mol. The molecule has 0 spiro atoms. The fourth-order valence-electron chi connectivity index (χ4n) is 3.26. The summed E-state index contributed by atoms with van der Waals surface area (Å²) >= 11 is 12.2. The highest BCUT2D eigenvalue weighted by Crippen LogP contribution is 2.39. The van der Waals surface area contributed by atoms with Gasteiger partial charge in [-0.3, -0.25) is 9.89 Å². The van der Waals surface area contributed by atoms with Crippen molar-refractivity contribution in [2.75, 3.05) is 7.11 Å². The molecule has 10 heteroatoms. The molecule has 4 rings (SSSR count). The lowest BCUT2D eigenvalue weighted by Gasteiger charge is -2.11. The first kappa shape index (κ1) is 22.3.